The van der Waals surface area contributed by atoms with Gasteiger partial charge in [0.2, 0.25) is 11.8 Å². The van der Waals surface area contributed by atoms with Gasteiger partial charge in [-0.1, -0.05) is 13.8 Å². The fourth-order valence-electron chi connectivity index (χ4n) is 2.32. The molecule has 1 aliphatic heterocycles. The standard InChI is InChI=1S/C13H24N2O3/c1-4-15-7-10(6-12(15)17)13(18)14-11(8-16)5-9(2)3/h9-11,16H,4-8H2,1-3H3,(H,14,18). The zero-order chi connectivity index (χ0) is 13.7. The molecule has 5 heteroatoms. The molecule has 0 spiro atoms. The molecule has 1 aliphatic rings. The first-order valence-corrected chi connectivity index (χ1v) is 6.66. The van der Waals surface area contributed by atoms with E-state index in [1.165, 1.54) is 0 Å². The molecule has 1 saturated heterocycles. The minimum Gasteiger partial charge on any atom is -0.394 e. The Balaban J connectivity index is 2.48. The Kier molecular flexibility index (Phi) is 5.59. The molecule has 0 aliphatic carbocycles. The van der Waals surface area contributed by atoms with Crippen LogP contribution >= 0.6 is 0 Å². The Hall–Kier alpha value is -1.10. The van der Waals surface area contributed by atoms with Crippen molar-refractivity contribution in [1.82, 2.24) is 10.2 Å². The van der Waals surface area contributed by atoms with Crippen molar-refractivity contribution in [3.8, 4) is 0 Å². The van der Waals surface area contributed by atoms with E-state index in [1.807, 2.05) is 20.8 Å². The number of carbonyl (C=O) groups is 2. The van der Waals surface area contributed by atoms with Gasteiger partial charge in [0, 0.05) is 19.5 Å². The highest BCUT2D eigenvalue weighted by Crippen LogP contribution is 2.18. The van der Waals surface area contributed by atoms with Gasteiger partial charge in [-0.2, -0.15) is 0 Å². The maximum absolute atomic E-state index is 12.0. The molecule has 2 atom stereocenters. The number of nitrogens with one attached hydrogen (secondary N) is 1. The van der Waals surface area contributed by atoms with Gasteiger partial charge in [0.25, 0.3) is 0 Å². The molecular weight excluding hydrogens is 232 g/mol. The Morgan fingerprint density at radius 1 is 1.56 bits per heavy atom. The summed E-state index contributed by atoms with van der Waals surface area (Å²) < 4.78 is 0. The van der Waals surface area contributed by atoms with Gasteiger partial charge < -0.3 is 15.3 Å². The van der Waals surface area contributed by atoms with Crippen LogP contribution in [0.5, 0.6) is 0 Å². The molecule has 2 unspecified atom stereocenters. The number of hydrogen-bond acceptors (Lipinski definition) is 3. The van der Waals surface area contributed by atoms with Crippen LogP contribution < -0.4 is 5.32 Å². The molecule has 2 N–H and O–H groups in total. The Bertz CT molecular complexity index is 305. The normalized spacial score (nSPS) is 21.5. The number of amides is 2. The summed E-state index contributed by atoms with van der Waals surface area (Å²) in [4.78, 5) is 25.2. The molecule has 2 amide bonds. The average Bonchev–Trinajstić information content (AvgIpc) is 2.69. The van der Waals surface area contributed by atoms with Crippen LogP contribution in [-0.4, -0.2) is 47.6 Å². The molecular formula is C13H24N2O3. The van der Waals surface area contributed by atoms with Crippen LogP contribution in [-0.2, 0) is 9.59 Å². The van der Waals surface area contributed by atoms with Crippen LogP contribution in [0.1, 0.15) is 33.6 Å². The lowest BCUT2D eigenvalue weighted by Crippen LogP contribution is -2.42. The number of rotatable bonds is 6. The van der Waals surface area contributed by atoms with Crippen molar-refractivity contribution < 1.29 is 14.7 Å². The highest BCUT2D eigenvalue weighted by molar-refractivity contribution is 5.89. The Labute approximate surface area is 109 Å². The van der Waals surface area contributed by atoms with Gasteiger partial charge in [-0.15, -0.1) is 0 Å². The van der Waals surface area contributed by atoms with Gasteiger partial charge in [-0.3, -0.25) is 9.59 Å². The van der Waals surface area contributed by atoms with Gasteiger partial charge in [-0.25, -0.2) is 0 Å². The van der Waals surface area contributed by atoms with E-state index in [1.54, 1.807) is 4.90 Å². The van der Waals surface area contributed by atoms with Gasteiger partial charge in [0.05, 0.1) is 18.6 Å². The summed E-state index contributed by atoms with van der Waals surface area (Å²) in [5, 5.41) is 12.1. The number of aliphatic hydroxyl groups excluding tert-OH is 1. The van der Waals surface area contributed by atoms with E-state index < -0.39 is 0 Å². The third kappa shape index (κ3) is 3.98. The van der Waals surface area contributed by atoms with Gasteiger partial charge in [-0.05, 0) is 19.3 Å². The fourth-order valence-corrected chi connectivity index (χ4v) is 2.32. The number of carbonyl (C=O) groups excluding carboxylic acids is 2. The van der Waals surface area contributed by atoms with Crippen molar-refractivity contribution in [3.05, 3.63) is 0 Å². The lowest BCUT2D eigenvalue weighted by atomic mass is 10.0. The minimum absolute atomic E-state index is 0.0436. The van der Waals surface area contributed by atoms with E-state index in [0.717, 1.165) is 6.42 Å². The van der Waals surface area contributed by atoms with E-state index in [4.69, 9.17) is 0 Å². The zero-order valence-electron chi connectivity index (χ0n) is 11.5. The Morgan fingerprint density at radius 2 is 2.22 bits per heavy atom. The summed E-state index contributed by atoms with van der Waals surface area (Å²) in [7, 11) is 0. The van der Waals surface area contributed by atoms with Crippen LogP contribution in [0.3, 0.4) is 0 Å². The molecule has 1 fully saturated rings. The average molecular weight is 256 g/mol. The highest BCUT2D eigenvalue weighted by Gasteiger charge is 2.34. The molecule has 5 nitrogen and oxygen atoms in total. The minimum atomic E-state index is -0.265. The fraction of sp³-hybridized carbons (Fsp3) is 0.846. The molecule has 0 aromatic heterocycles. The summed E-state index contributed by atoms with van der Waals surface area (Å²) in [5.41, 5.74) is 0. The SMILES string of the molecule is CCN1CC(C(=O)NC(CO)CC(C)C)CC1=O. The van der Waals surface area contributed by atoms with E-state index >= 15 is 0 Å². The zero-order valence-corrected chi connectivity index (χ0v) is 11.5. The van der Waals surface area contributed by atoms with Crippen molar-refractivity contribution in [2.75, 3.05) is 19.7 Å². The molecule has 0 bridgehead atoms. The lowest BCUT2D eigenvalue weighted by Gasteiger charge is -2.20. The quantitative estimate of drug-likeness (QED) is 0.722. The van der Waals surface area contributed by atoms with E-state index in [2.05, 4.69) is 5.32 Å². The van der Waals surface area contributed by atoms with Crippen LogP contribution in [0.25, 0.3) is 0 Å². The van der Waals surface area contributed by atoms with E-state index in [0.29, 0.717) is 25.4 Å². The van der Waals surface area contributed by atoms with Gasteiger partial charge >= 0.3 is 0 Å². The maximum atomic E-state index is 12.0. The summed E-state index contributed by atoms with van der Waals surface area (Å²) >= 11 is 0. The molecule has 0 radical (unpaired) electrons. The van der Waals surface area contributed by atoms with Crippen molar-refractivity contribution in [1.29, 1.82) is 0 Å². The monoisotopic (exact) mass is 256 g/mol. The van der Waals surface area contributed by atoms with Crippen LogP contribution in [0.2, 0.25) is 0 Å². The molecule has 0 aromatic carbocycles. The summed E-state index contributed by atoms with van der Waals surface area (Å²) in [6.07, 6.45) is 1.04. The second-order valence-corrected chi connectivity index (χ2v) is 5.35. The summed E-state index contributed by atoms with van der Waals surface area (Å²) in [5.74, 6) is 0.0829. The van der Waals surface area contributed by atoms with Crippen molar-refractivity contribution >= 4 is 11.8 Å². The number of nitrogens with zero attached hydrogens (tertiary/aromatic N) is 1. The molecule has 104 valence electrons. The lowest BCUT2D eigenvalue weighted by molar-refractivity contribution is -0.129. The summed E-state index contributed by atoms with van der Waals surface area (Å²) in [6, 6.07) is -0.205. The first-order chi connectivity index (χ1) is 8.47. The van der Waals surface area contributed by atoms with Gasteiger partial charge in [0.15, 0.2) is 0 Å². The summed E-state index contributed by atoms with van der Waals surface area (Å²) in [6.45, 7) is 7.11. The van der Waals surface area contributed by atoms with Crippen molar-refractivity contribution in [2.24, 2.45) is 11.8 Å². The van der Waals surface area contributed by atoms with Crippen LogP contribution in [0.15, 0.2) is 0 Å². The largest absolute Gasteiger partial charge is 0.394 e. The Morgan fingerprint density at radius 3 is 2.67 bits per heavy atom. The smallest absolute Gasteiger partial charge is 0.225 e. The van der Waals surface area contributed by atoms with Crippen LogP contribution in [0.4, 0.5) is 0 Å². The predicted molar refractivity (Wildman–Crippen MR) is 68.8 cm³/mol. The van der Waals surface area contributed by atoms with E-state index in [9.17, 15) is 14.7 Å². The number of aliphatic hydroxyl groups is 1. The topological polar surface area (TPSA) is 69.6 Å². The number of likely N-dealkylation sites (tertiary alicyclic amines) is 1. The number of hydrogen-bond donors (Lipinski definition) is 2. The van der Waals surface area contributed by atoms with Gasteiger partial charge in [0.1, 0.15) is 0 Å². The first-order valence-electron chi connectivity index (χ1n) is 6.66. The maximum Gasteiger partial charge on any atom is 0.225 e. The van der Waals surface area contributed by atoms with Crippen LogP contribution in [0, 0.1) is 11.8 Å². The second kappa shape index (κ2) is 6.73. The molecule has 0 saturated carbocycles. The molecule has 1 rings (SSSR count). The second-order valence-electron chi connectivity index (χ2n) is 5.35. The third-order valence-corrected chi connectivity index (χ3v) is 3.29. The molecule has 1 heterocycles. The highest BCUT2D eigenvalue weighted by atomic mass is 16.3. The van der Waals surface area contributed by atoms with Crippen molar-refractivity contribution in [3.63, 3.8) is 0 Å². The predicted octanol–water partition coefficient (Wildman–Crippen LogP) is 0.378. The van der Waals surface area contributed by atoms with Crippen molar-refractivity contribution in [2.45, 2.75) is 39.7 Å². The van der Waals surface area contributed by atoms with E-state index in [-0.39, 0.29) is 30.4 Å². The molecule has 0 aromatic rings. The first kappa shape index (κ1) is 15.0. The molecule has 18 heavy (non-hydrogen) atoms. The third-order valence-electron chi connectivity index (χ3n) is 3.29.